The molecular formula is C10H11N5O. The number of nitrogens with zero attached hydrogens (tertiary/aromatic N) is 3. The summed E-state index contributed by atoms with van der Waals surface area (Å²) >= 11 is 0. The largest absolute Gasteiger partial charge is 0.396 e. The molecule has 2 aromatic heterocycles. The molecule has 0 aromatic carbocycles. The van der Waals surface area contributed by atoms with Crippen LogP contribution in [0.4, 0.5) is 11.5 Å². The number of aromatic nitrogens is 3. The molecule has 0 saturated heterocycles. The van der Waals surface area contributed by atoms with Gasteiger partial charge in [0.05, 0.1) is 5.69 Å². The minimum Gasteiger partial charge on any atom is -0.396 e. The minimum atomic E-state index is -0.328. The maximum Gasteiger partial charge on any atom is 0.277 e. The van der Waals surface area contributed by atoms with Crippen molar-refractivity contribution in [2.45, 2.75) is 0 Å². The Morgan fingerprint density at radius 1 is 1.50 bits per heavy atom. The normalized spacial score (nSPS) is 10.1. The predicted molar refractivity (Wildman–Crippen MR) is 59.8 cm³/mol. The van der Waals surface area contributed by atoms with Crippen LogP contribution in [0.1, 0.15) is 10.5 Å². The maximum absolute atomic E-state index is 11.7. The van der Waals surface area contributed by atoms with Crippen molar-refractivity contribution in [3.8, 4) is 0 Å². The second-order valence-corrected chi connectivity index (χ2v) is 3.27. The summed E-state index contributed by atoms with van der Waals surface area (Å²) in [7, 11) is 1.74. The molecule has 0 saturated carbocycles. The summed E-state index contributed by atoms with van der Waals surface area (Å²) < 4.78 is 1.55. The number of aryl methyl sites for hydroxylation is 1. The molecule has 3 N–H and O–H groups in total. The van der Waals surface area contributed by atoms with Crippen LogP contribution in [0, 0.1) is 0 Å². The number of nitrogens with one attached hydrogen (secondary N) is 1. The van der Waals surface area contributed by atoms with Crippen molar-refractivity contribution < 1.29 is 4.79 Å². The van der Waals surface area contributed by atoms with E-state index in [1.807, 2.05) is 0 Å². The highest BCUT2D eigenvalue weighted by atomic mass is 16.2. The van der Waals surface area contributed by atoms with E-state index in [2.05, 4.69) is 15.4 Å². The van der Waals surface area contributed by atoms with Crippen molar-refractivity contribution in [3.05, 3.63) is 36.3 Å². The Kier molecular flexibility index (Phi) is 2.55. The topological polar surface area (TPSA) is 85.8 Å². The lowest BCUT2D eigenvalue weighted by Crippen LogP contribution is -2.15. The molecule has 6 nitrogen and oxygen atoms in total. The standard InChI is InChI=1S/C10H11N5O/c1-15-6-4-8(14-15)10(16)13-9-7(11)3-2-5-12-9/h2-6H,11H2,1H3,(H,12,13,16). The van der Waals surface area contributed by atoms with E-state index in [0.717, 1.165) is 0 Å². The van der Waals surface area contributed by atoms with E-state index >= 15 is 0 Å². The average molecular weight is 217 g/mol. The molecule has 0 aliphatic rings. The zero-order valence-corrected chi connectivity index (χ0v) is 8.71. The Hall–Kier alpha value is -2.37. The van der Waals surface area contributed by atoms with Crippen LogP contribution < -0.4 is 11.1 Å². The van der Waals surface area contributed by atoms with Gasteiger partial charge in [-0.1, -0.05) is 0 Å². The third-order valence-corrected chi connectivity index (χ3v) is 2.02. The molecular weight excluding hydrogens is 206 g/mol. The minimum absolute atomic E-state index is 0.326. The van der Waals surface area contributed by atoms with Gasteiger partial charge in [0.1, 0.15) is 0 Å². The van der Waals surface area contributed by atoms with Crippen LogP contribution in [0.5, 0.6) is 0 Å². The van der Waals surface area contributed by atoms with E-state index in [9.17, 15) is 4.79 Å². The summed E-state index contributed by atoms with van der Waals surface area (Å²) in [6, 6.07) is 4.99. The first-order chi connectivity index (χ1) is 7.66. The van der Waals surface area contributed by atoms with Gasteiger partial charge in [-0.25, -0.2) is 4.98 Å². The lowest BCUT2D eigenvalue weighted by Gasteiger charge is -2.04. The molecule has 0 radical (unpaired) electrons. The van der Waals surface area contributed by atoms with Crippen LogP contribution in [0.2, 0.25) is 0 Å². The first-order valence-corrected chi connectivity index (χ1v) is 4.68. The number of anilines is 2. The van der Waals surface area contributed by atoms with Crippen molar-refractivity contribution in [3.63, 3.8) is 0 Å². The molecule has 2 rings (SSSR count). The van der Waals surface area contributed by atoms with Gasteiger partial charge in [0.25, 0.3) is 5.91 Å². The van der Waals surface area contributed by atoms with Gasteiger partial charge in [-0.15, -0.1) is 0 Å². The van der Waals surface area contributed by atoms with Gasteiger partial charge in [-0.05, 0) is 18.2 Å². The Morgan fingerprint density at radius 3 is 2.94 bits per heavy atom. The maximum atomic E-state index is 11.7. The number of carbonyl (C=O) groups is 1. The Labute approximate surface area is 92.1 Å². The number of amides is 1. The molecule has 82 valence electrons. The fourth-order valence-electron chi connectivity index (χ4n) is 1.23. The van der Waals surface area contributed by atoms with Crippen LogP contribution in [0.3, 0.4) is 0 Å². The van der Waals surface area contributed by atoms with Crippen LogP contribution in [0.15, 0.2) is 30.6 Å². The number of rotatable bonds is 2. The Bertz CT molecular complexity index is 519. The predicted octanol–water partition coefficient (Wildman–Crippen LogP) is 0.650. The summed E-state index contributed by atoms with van der Waals surface area (Å²) in [5.41, 5.74) is 6.40. The first kappa shape index (κ1) is 10.2. The highest BCUT2D eigenvalue weighted by Crippen LogP contribution is 2.13. The van der Waals surface area contributed by atoms with Gasteiger partial charge >= 0.3 is 0 Å². The molecule has 0 aliphatic heterocycles. The zero-order valence-electron chi connectivity index (χ0n) is 8.71. The molecule has 0 fully saturated rings. The van der Waals surface area contributed by atoms with Crippen molar-refractivity contribution in [1.29, 1.82) is 0 Å². The average Bonchev–Trinajstić information content (AvgIpc) is 2.68. The quantitative estimate of drug-likeness (QED) is 0.773. The van der Waals surface area contributed by atoms with Crippen LogP contribution in [-0.2, 0) is 7.05 Å². The fourth-order valence-corrected chi connectivity index (χ4v) is 1.23. The van der Waals surface area contributed by atoms with E-state index in [1.54, 1.807) is 42.3 Å². The molecule has 0 spiro atoms. The van der Waals surface area contributed by atoms with E-state index in [-0.39, 0.29) is 5.91 Å². The monoisotopic (exact) mass is 217 g/mol. The lowest BCUT2D eigenvalue weighted by molar-refractivity contribution is 0.102. The Balaban J connectivity index is 2.17. The highest BCUT2D eigenvalue weighted by molar-refractivity contribution is 6.03. The van der Waals surface area contributed by atoms with E-state index in [4.69, 9.17) is 5.73 Å². The van der Waals surface area contributed by atoms with Crippen LogP contribution >= 0.6 is 0 Å². The van der Waals surface area contributed by atoms with E-state index < -0.39 is 0 Å². The summed E-state index contributed by atoms with van der Waals surface area (Å²) in [5.74, 6) is 0.0177. The molecule has 0 bridgehead atoms. The summed E-state index contributed by atoms with van der Waals surface area (Å²) in [6.45, 7) is 0. The number of pyridine rings is 1. The van der Waals surface area contributed by atoms with Gasteiger partial charge < -0.3 is 11.1 Å². The SMILES string of the molecule is Cn1ccc(C(=O)Nc2ncccc2N)n1. The van der Waals surface area contributed by atoms with Gasteiger partial charge in [-0.3, -0.25) is 9.48 Å². The molecule has 2 heterocycles. The molecule has 0 unspecified atom stereocenters. The van der Waals surface area contributed by atoms with Crippen molar-refractivity contribution in [2.75, 3.05) is 11.1 Å². The van der Waals surface area contributed by atoms with Gasteiger partial charge in [0.15, 0.2) is 11.5 Å². The first-order valence-electron chi connectivity index (χ1n) is 4.68. The van der Waals surface area contributed by atoms with Crippen molar-refractivity contribution >= 4 is 17.4 Å². The van der Waals surface area contributed by atoms with Gasteiger partial charge in [-0.2, -0.15) is 5.10 Å². The van der Waals surface area contributed by atoms with Crippen molar-refractivity contribution in [1.82, 2.24) is 14.8 Å². The molecule has 16 heavy (non-hydrogen) atoms. The Morgan fingerprint density at radius 2 is 2.31 bits per heavy atom. The second-order valence-electron chi connectivity index (χ2n) is 3.27. The summed E-state index contributed by atoms with van der Waals surface area (Å²) in [4.78, 5) is 15.7. The highest BCUT2D eigenvalue weighted by Gasteiger charge is 2.10. The molecule has 2 aromatic rings. The van der Waals surface area contributed by atoms with E-state index in [0.29, 0.717) is 17.2 Å². The number of hydrogen-bond donors (Lipinski definition) is 2. The van der Waals surface area contributed by atoms with Gasteiger partial charge in [0, 0.05) is 19.4 Å². The molecule has 1 amide bonds. The number of nitrogens with two attached hydrogens (primary N) is 1. The zero-order chi connectivity index (χ0) is 11.5. The fraction of sp³-hybridized carbons (Fsp3) is 0.100. The lowest BCUT2D eigenvalue weighted by atomic mass is 10.3. The third kappa shape index (κ3) is 2.00. The van der Waals surface area contributed by atoms with Crippen LogP contribution in [0.25, 0.3) is 0 Å². The molecule has 6 heteroatoms. The third-order valence-electron chi connectivity index (χ3n) is 2.02. The number of carbonyl (C=O) groups excluding carboxylic acids is 1. The number of nitrogen functional groups attached to an aromatic ring is 1. The van der Waals surface area contributed by atoms with Gasteiger partial charge in [0.2, 0.25) is 0 Å². The second kappa shape index (κ2) is 4.01. The summed E-state index contributed by atoms with van der Waals surface area (Å²) in [6.07, 6.45) is 3.25. The molecule has 0 aliphatic carbocycles. The smallest absolute Gasteiger partial charge is 0.277 e. The summed E-state index contributed by atoms with van der Waals surface area (Å²) in [5, 5.41) is 6.56. The number of hydrogen-bond acceptors (Lipinski definition) is 4. The van der Waals surface area contributed by atoms with E-state index in [1.165, 1.54) is 0 Å². The van der Waals surface area contributed by atoms with Crippen molar-refractivity contribution in [2.24, 2.45) is 7.05 Å². The molecule has 0 atom stereocenters. The van der Waals surface area contributed by atoms with Crippen LogP contribution in [-0.4, -0.2) is 20.7 Å².